The lowest BCUT2D eigenvalue weighted by Crippen LogP contribution is -1.99. The molecule has 0 amide bonds. The molecule has 7 heteroatoms. The van der Waals surface area contributed by atoms with Crippen molar-refractivity contribution in [2.24, 2.45) is 0 Å². The molecule has 0 atom stereocenters. The van der Waals surface area contributed by atoms with E-state index in [-0.39, 0.29) is 6.61 Å². The fraction of sp³-hybridized carbons (Fsp3) is 1.00. The van der Waals surface area contributed by atoms with Crippen molar-refractivity contribution in [2.75, 3.05) is 19.8 Å². The summed E-state index contributed by atoms with van der Waals surface area (Å²) in [5, 5.41) is 8.24. The molecule has 0 aliphatic carbocycles. The molecule has 82 valence electrons. The molecule has 0 aromatic heterocycles. The van der Waals surface area contributed by atoms with Gasteiger partial charge in [-0.1, -0.05) is 13.3 Å². The van der Waals surface area contributed by atoms with Gasteiger partial charge in [0.1, 0.15) is 0 Å². The Kier molecular flexibility index (Phi) is 12.1. The summed E-state index contributed by atoms with van der Waals surface area (Å²) in [7, 11) is -4.64. The van der Waals surface area contributed by atoms with Crippen LogP contribution in [-0.4, -0.2) is 39.6 Å². The number of hydrogen-bond donors (Lipinski definition) is 4. The van der Waals surface area contributed by atoms with E-state index in [9.17, 15) is 0 Å². The fourth-order valence-corrected chi connectivity index (χ4v) is 0.413. The third-order valence-electron chi connectivity index (χ3n) is 0.878. The lowest BCUT2D eigenvalue weighted by atomic mass is 10.4. The van der Waals surface area contributed by atoms with E-state index in [0.29, 0.717) is 6.61 Å². The minimum atomic E-state index is -4.64. The van der Waals surface area contributed by atoms with E-state index < -0.39 is 7.82 Å². The zero-order valence-corrected chi connectivity index (χ0v) is 8.48. The first-order valence-corrected chi connectivity index (χ1v) is 5.45. The van der Waals surface area contributed by atoms with Crippen LogP contribution in [0, 0.1) is 0 Å². The third-order valence-corrected chi connectivity index (χ3v) is 0.878. The van der Waals surface area contributed by atoms with Gasteiger partial charge in [-0.2, -0.15) is 0 Å². The first-order valence-electron chi connectivity index (χ1n) is 3.88. The molecule has 0 bridgehead atoms. The van der Waals surface area contributed by atoms with Crippen LogP contribution in [0.3, 0.4) is 0 Å². The highest BCUT2D eigenvalue weighted by Gasteiger charge is 2.00. The molecular formula is C6H17O6P. The quantitative estimate of drug-likeness (QED) is 0.376. The van der Waals surface area contributed by atoms with Crippen molar-refractivity contribution in [3.05, 3.63) is 0 Å². The molecule has 0 aromatic carbocycles. The van der Waals surface area contributed by atoms with Crippen molar-refractivity contribution in [1.82, 2.24) is 0 Å². The molecule has 0 rings (SSSR count). The third kappa shape index (κ3) is 47.8. The zero-order chi connectivity index (χ0) is 10.7. The number of rotatable bonds is 5. The lowest BCUT2D eigenvalue weighted by Gasteiger charge is -1.97. The van der Waals surface area contributed by atoms with Crippen LogP contribution in [0.1, 0.15) is 19.8 Å². The van der Waals surface area contributed by atoms with Crippen LogP contribution in [0.2, 0.25) is 0 Å². The van der Waals surface area contributed by atoms with Gasteiger partial charge in [0.15, 0.2) is 0 Å². The standard InChI is InChI=1S/C6H14O2.H3O4P/c1-2-3-5-8-6-4-7;1-5(2,3)4/h7H,2-6H2,1H3;(H3,1,2,3,4). The predicted molar refractivity (Wildman–Crippen MR) is 47.1 cm³/mol. The van der Waals surface area contributed by atoms with Gasteiger partial charge < -0.3 is 24.5 Å². The number of aliphatic hydroxyl groups is 1. The average Bonchev–Trinajstić information content (AvgIpc) is 1.95. The molecule has 6 nitrogen and oxygen atoms in total. The smallest absolute Gasteiger partial charge is 0.394 e. The highest BCUT2D eigenvalue weighted by Crippen LogP contribution is 2.25. The Hall–Kier alpha value is 0.0300. The minimum Gasteiger partial charge on any atom is -0.394 e. The summed E-state index contributed by atoms with van der Waals surface area (Å²) in [5.41, 5.74) is 0. The summed E-state index contributed by atoms with van der Waals surface area (Å²) in [5.74, 6) is 0. The number of unbranched alkanes of at least 4 members (excludes halogenated alkanes) is 1. The molecule has 0 aliphatic heterocycles. The van der Waals surface area contributed by atoms with Gasteiger partial charge in [0.25, 0.3) is 0 Å². The van der Waals surface area contributed by atoms with Gasteiger partial charge in [-0.05, 0) is 6.42 Å². The maximum absolute atomic E-state index is 8.88. The van der Waals surface area contributed by atoms with Crippen LogP contribution >= 0.6 is 7.82 Å². The monoisotopic (exact) mass is 216 g/mol. The average molecular weight is 216 g/mol. The van der Waals surface area contributed by atoms with E-state index >= 15 is 0 Å². The van der Waals surface area contributed by atoms with Crippen molar-refractivity contribution in [1.29, 1.82) is 0 Å². The summed E-state index contributed by atoms with van der Waals surface area (Å²) in [6, 6.07) is 0. The molecule has 0 saturated carbocycles. The zero-order valence-electron chi connectivity index (χ0n) is 7.59. The molecule has 0 radical (unpaired) electrons. The van der Waals surface area contributed by atoms with Crippen molar-refractivity contribution in [2.45, 2.75) is 19.8 Å². The highest BCUT2D eigenvalue weighted by atomic mass is 31.2. The van der Waals surface area contributed by atoms with Crippen LogP contribution in [0.4, 0.5) is 0 Å². The van der Waals surface area contributed by atoms with Gasteiger partial charge in [0.2, 0.25) is 0 Å². The van der Waals surface area contributed by atoms with Crippen molar-refractivity contribution in [3.8, 4) is 0 Å². The Morgan fingerprint density at radius 2 is 1.69 bits per heavy atom. The first-order chi connectivity index (χ1) is 5.91. The molecule has 0 fully saturated rings. The first kappa shape index (κ1) is 15.5. The van der Waals surface area contributed by atoms with Crippen LogP contribution in [0.5, 0.6) is 0 Å². The second-order valence-electron chi connectivity index (χ2n) is 2.20. The normalized spacial score (nSPS) is 10.5. The Balaban J connectivity index is 0. The van der Waals surface area contributed by atoms with E-state index in [1.807, 2.05) is 0 Å². The molecule has 0 aromatic rings. The molecule has 0 heterocycles. The van der Waals surface area contributed by atoms with Crippen molar-refractivity contribution in [3.63, 3.8) is 0 Å². The van der Waals surface area contributed by atoms with Crippen molar-refractivity contribution >= 4 is 7.82 Å². The van der Waals surface area contributed by atoms with Crippen LogP contribution in [-0.2, 0) is 9.30 Å². The Morgan fingerprint density at radius 1 is 1.23 bits per heavy atom. The number of hydrogen-bond acceptors (Lipinski definition) is 3. The number of ether oxygens (including phenoxy) is 1. The van der Waals surface area contributed by atoms with E-state index in [2.05, 4.69) is 6.92 Å². The molecule has 4 N–H and O–H groups in total. The topological polar surface area (TPSA) is 107 Å². The SMILES string of the molecule is CCCCOCCO.O=P(O)(O)O. The molecule has 0 unspecified atom stereocenters. The van der Waals surface area contributed by atoms with E-state index in [0.717, 1.165) is 19.4 Å². The summed E-state index contributed by atoms with van der Waals surface area (Å²) < 4.78 is 13.9. The molecular weight excluding hydrogens is 199 g/mol. The van der Waals surface area contributed by atoms with E-state index in [1.165, 1.54) is 0 Å². The maximum atomic E-state index is 8.88. The largest absolute Gasteiger partial charge is 0.466 e. The molecule has 0 saturated heterocycles. The van der Waals surface area contributed by atoms with Crippen LogP contribution in [0.25, 0.3) is 0 Å². The van der Waals surface area contributed by atoms with Gasteiger partial charge in [-0.15, -0.1) is 0 Å². The fourth-order valence-electron chi connectivity index (χ4n) is 0.413. The van der Waals surface area contributed by atoms with Gasteiger partial charge in [-0.3, -0.25) is 0 Å². The lowest BCUT2D eigenvalue weighted by molar-refractivity contribution is 0.0904. The van der Waals surface area contributed by atoms with Crippen LogP contribution < -0.4 is 0 Å². The second kappa shape index (κ2) is 10.1. The predicted octanol–water partition coefficient (Wildman–Crippen LogP) is -0.133. The number of aliphatic hydroxyl groups excluding tert-OH is 1. The van der Waals surface area contributed by atoms with Crippen molar-refractivity contribution < 1.29 is 29.1 Å². The van der Waals surface area contributed by atoms with E-state index in [4.69, 9.17) is 29.1 Å². The highest BCUT2D eigenvalue weighted by molar-refractivity contribution is 7.45. The molecule has 0 aliphatic rings. The summed E-state index contributed by atoms with van der Waals surface area (Å²) in [6.07, 6.45) is 2.26. The van der Waals surface area contributed by atoms with Gasteiger partial charge in [0.05, 0.1) is 13.2 Å². The molecule has 13 heavy (non-hydrogen) atoms. The van der Waals surface area contributed by atoms with E-state index in [1.54, 1.807) is 0 Å². The maximum Gasteiger partial charge on any atom is 0.466 e. The van der Waals surface area contributed by atoms with Gasteiger partial charge in [0, 0.05) is 6.61 Å². The Bertz CT molecular complexity index is 119. The van der Waals surface area contributed by atoms with Gasteiger partial charge in [-0.25, -0.2) is 4.57 Å². The molecule has 0 spiro atoms. The van der Waals surface area contributed by atoms with Gasteiger partial charge >= 0.3 is 7.82 Å². The second-order valence-corrected chi connectivity index (χ2v) is 3.23. The Labute approximate surface area is 77.4 Å². The summed E-state index contributed by atoms with van der Waals surface area (Å²) in [4.78, 5) is 21.6. The van der Waals surface area contributed by atoms with Crippen LogP contribution in [0.15, 0.2) is 0 Å². The Morgan fingerprint density at radius 3 is 2.00 bits per heavy atom. The summed E-state index contributed by atoms with van der Waals surface area (Å²) >= 11 is 0. The summed E-state index contributed by atoms with van der Waals surface area (Å²) in [6.45, 7) is 3.53. The number of phosphoric acid groups is 1. The minimum absolute atomic E-state index is 0.143.